The third kappa shape index (κ3) is 5.19. The predicted molar refractivity (Wildman–Crippen MR) is 158 cm³/mol. The number of fused-ring (bicyclic) bond motifs is 2. The number of rotatable bonds is 7. The Labute approximate surface area is 238 Å². The summed E-state index contributed by atoms with van der Waals surface area (Å²) in [4.78, 5) is 31.1. The second-order valence-corrected chi connectivity index (χ2v) is 10.5. The van der Waals surface area contributed by atoms with Gasteiger partial charge in [0.15, 0.2) is 5.82 Å². The molecule has 6 rings (SSSR count). The van der Waals surface area contributed by atoms with Gasteiger partial charge in [-0.2, -0.15) is 9.97 Å². The number of likely N-dealkylation sites (N-methyl/N-ethyl adjacent to an activating group) is 1. The molecule has 0 N–H and O–H groups in total. The lowest BCUT2D eigenvalue weighted by atomic mass is 9.97. The van der Waals surface area contributed by atoms with Gasteiger partial charge in [0.25, 0.3) is 0 Å². The average molecular weight is 551 g/mol. The van der Waals surface area contributed by atoms with Crippen molar-refractivity contribution >= 4 is 33.8 Å². The van der Waals surface area contributed by atoms with Crippen molar-refractivity contribution in [3.63, 3.8) is 0 Å². The summed E-state index contributed by atoms with van der Waals surface area (Å²) in [6, 6.07) is 11.8. The highest BCUT2D eigenvalue weighted by Gasteiger charge is 2.26. The average Bonchev–Trinajstić information content (AvgIpc) is 3.43. The molecule has 2 aliphatic heterocycles. The maximum Gasteiger partial charge on any atom is 0.319 e. The summed E-state index contributed by atoms with van der Waals surface area (Å²) in [5.41, 5.74) is 1.63. The number of allylic oxidation sites excluding steroid dienone is 1. The number of anilines is 1. The smallest absolute Gasteiger partial charge is 0.319 e. The number of benzene rings is 2. The first kappa shape index (κ1) is 26.7. The van der Waals surface area contributed by atoms with Gasteiger partial charge in [0.1, 0.15) is 29.9 Å². The van der Waals surface area contributed by atoms with Gasteiger partial charge in [0, 0.05) is 61.1 Å². The number of carbonyl (C=O) groups is 1. The van der Waals surface area contributed by atoms with Gasteiger partial charge in [-0.3, -0.25) is 9.78 Å². The van der Waals surface area contributed by atoms with Gasteiger partial charge < -0.3 is 19.4 Å². The number of pyridine rings is 1. The van der Waals surface area contributed by atoms with E-state index in [-0.39, 0.29) is 23.3 Å². The van der Waals surface area contributed by atoms with E-state index in [4.69, 9.17) is 16.1 Å². The monoisotopic (exact) mass is 550 g/mol. The third-order valence-corrected chi connectivity index (χ3v) is 8.02. The Kier molecular flexibility index (Phi) is 7.49. The summed E-state index contributed by atoms with van der Waals surface area (Å²) in [7, 11) is 2.08. The fraction of sp³-hybridized carbons (Fsp3) is 0.312. The second-order valence-electron chi connectivity index (χ2n) is 10.5. The third-order valence-electron chi connectivity index (χ3n) is 8.02. The van der Waals surface area contributed by atoms with Crippen LogP contribution in [0.4, 0.5) is 10.2 Å². The summed E-state index contributed by atoms with van der Waals surface area (Å²) >= 11 is 0. The molecule has 2 aromatic heterocycles. The fourth-order valence-corrected chi connectivity index (χ4v) is 5.77. The minimum absolute atomic E-state index is 0.148. The summed E-state index contributed by atoms with van der Waals surface area (Å²) in [6.45, 7) is 4.11. The summed E-state index contributed by atoms with van der Waals surface area (Å²) in [5, 5.41) is 2.21. The van der Waals surface area contributed by atoms with E-state index >= 15 is 4.39 Å². The van der Waals surface area contributed by atoms with Gasteiger partial charge in [-0.15, -0.1) is 6.42 Å². The zero-order chi connectivity index (χ0) is 28.3. The number of ether oxygens (including phenoxy) is 1. The Balaban J connectivity index is 1.44. The fourth-order valence-electron chi connectivity index (χ4n) is 5.77. The van der Waals surface area contributed by atoms with Crippen molar-refractivity contribution in [2.75, 3.05) is 51.3 Å². The molecule has 9 heteroatoms. The highest BCUT2D eigenvalue weighted by Crippen LogP contribution is 2.36. The number of piperazine rings is 1. The van der Waals surface area contributed by atoms with Crippen molar-refractivity contribution < 1.29 is 13.9 Å². The van der Waals surface area contributed by atoms with Gasteiger partial charge in [-0.05, 0) is 44.0 Å². The second kappa shape index (κ2) is 11.5. The van der Waals surface area contributed by atoms with E-state index in [2.05, 4.69) is 37.6 Å². The number of hydrogen-bond acceptors (Lipinski definition) is 8. The molecule has 0 bridgehead atoms. The van der Waals surface area contributed by atoms with Crippen LogP contribution in [0.3, 0.4) is 0 Å². The topological polar surface area (TPSA) is 74.7 Å². The van der Waals surface area contributed by atoms with Crippen LogP contribution in [0.15, 0.2) is 54.9 Å². The summed E-state index contributed by atoms with van der Waals surface area (Å²) in [5.74, 6) is 2.77. The van der Waals surface area contributed by atoms with Gasteiger partial charge >= 0.3 is 6.01 Å². The summed E-state index contributed by atoms with van der Waals surface area (Å²) in [6.07, 6.45) is 13.7. The predicted octanol–water partition coefficient (Wildman–Crippen LogP) is 4.27. The van der Waals surface area contributed by atoms with E-state index in [1.54, 1.807) is 12.4 Å². The van der Waals surface area contributed by atoms with Crippen LogP contribution in [0.5, 0.6) is 6.01 Å². The van der Waals surface area contributed by atoms with Crippen LogP contribution in [0.25, 0.3) is 32.9 Å². The van der Waals surface area contributed by atoms with Crippen molar-refractivity contribution in [2.45, 2.75) is 18.9 Å². The van der Waals surface area contributed by atoms with Crippen molar-refractivity contribution in [3.8, 4) is 29.6 Å². The molecular weight excluding hydrogens is 519 g/mol. The van der Waals surface area contributed by atoms with Crippen LogP contribution in [0.1, 0.15) is 18.4 Å². The van der Waals surface area contributed by atoms with Gasteiger partial charge in [0.05, 0.1) is 5.39 Å². The number of aldehydes is 1. The molecule has 0 radical (unpaired) electrons. The van der Waals surface area contributed by atoms with Gasteiger partial charge in [-0.25, -0.2) is 4.39 Å². The lowest BCUT2D eigenvalue weighted by Crippen LogP contribution is -2.44. The van der Waals surface area contributed by atoms with Crippen LogP contribution in [-0.2, 0) is 4.79 Å². The van der Waals surface area contributed by atoms with Crippen LogP contribution in [-0.4, -0.2) is 83.5 Å². The van der Waals surface area contributed by atoms with Crippen LogP contribution < -0.4 is 9.64 Å². The molecule has 0 saturated carbocycles. The number of halogens is 1. The number of aromatic nitrogens is 3. The van der Waals surface area contributed by atoms with Crippen molar-refractivity contribution in [1.82, 2.24) is 24.8 Å². The first-order valence-corrected chi connectivity index (χ1v) is 13.9. The molecule has 2 aromatic carbocycles. The Morgan fingerprint density at radius 3 is 2.66 bits per heavy atom. The maximum absolute atomic E-state index is 16.5. The molecule has 1 atom stereocenters. The molecule has 0 unspecified atom stereocenters. The Morgan fingerprint density at radius 2 is 1.93 bits per heavy atom. The van der Waals surface area contributed by atoms with E-state index in [1.165, 1.54) is 6.08 Å². The zero-order valence-electron chi connectivity index (χ0n) is 23.0. The van der Waals surface area contributed by atoms with E-state index in [0.29, 0.717) is 55.1 Å². The molecule has 0 amide bonds. The molecule has 208 valence electrons. The lowest BCUT2D eigenvalue weighted by Gasteiger charge is -2.35. The van der Waals surface area contributed by atoms with Crippen LogP contribution in [0, 0.1) is 18.2 Å². The van der Waals surface area contributed by atoms with E-state index in [1.807, 2.05) is 36.4 Å². The largest absolute Gasteiger partial charge is 0.462 e. The number of nitrogens with zero attached hydrogens (tertiary/aromatic N) is 6. The number of carbonyl (C=O) groups excluding carboxylic acids is 1. The van der Waals surface area contributed by atoms with Gasteiger partial charge in [-0.1, -0.05) is 36.3 Å². The molecule has 8 nitrogen and oxygen atoms in total. The molecule has 0 aliphatic carbocycles. The minimum atomic E-state index is -0.541. The molecule has 2 saturated heterocycles. The highest BCUT2D eigenvalue weighted by atomic mass is 19.1. The quantitative estimate of drug-likeness (QED) is 0.192. The molecular formula is C32H31FN6O2. The van der Waals surface area contributed by atoms with Crippen molar-refractivity contribution in [3.05, 3.63) is 66.3 Å². The zero-order valence-corrected chi connectivity index (χ0v) is 23.0. The Morgan fingerprint density at radius 1 is 1.12 bits per heavy atom. The van der Waals surface area contributed by atoms with E-state index < -0.39 is 5.82 Å². The SMILES string of the molecule is C#Cc1cccc2cccc(-c3ncc4c(N5CCN(C=CC=O)CC5)nc(OC[C@@H]5CCCN5C)nc4c3F)c12. The lowest BCUT2D eigenvalue weighted by molar-refractivity contribution is -0.104. The van der Waals surface area contributed by atoms with Crippen molar-refractivity contribution in [1.29, 1.82) is 0 Å². The highest BCUT2D eigenvalue weighted by molar-refractivity contribution is 6.02. The molecule has 2 fully saturated rings. The molecule has 4 aromatic rings. The molecule has 2 aliphatic rings. The molecule has 41 heavy (non-hydrogen) atoms. The Bertz CT molecular complexity index is 1670. The van der Waals surface area contributed by atoms with Crippen molar-refractivity contribution in [2.24, 2.45) is 0 Å². The normalized spacial score (nSPS) is 17.9. The number of likely N-dealkylation sites (tertiary alicyclic amines) is 1. The minimum Gasteiger partial charge on any atom is -0.462 e. The first-order chi connectivity index (χ1) is 20.1. The Hall–Kier alpha value is -4.55. The number of terminal acetylenes is 1. The van der Waals surface area contributed by atoms with Crippen LogP contribution in [0.2, 0.25) is 0 Å². The standard InChI is InChI=1S/C32H31FN6O2/c1-3-22-8-4-9-23-10-5-12-25(27(22)23)29-28(33)30-26(20-34-29)31(39-17-15-38(16-18-39)14-7-19-40)36-32(35-30)41-21-24-11-6-13-37(24)2/h1,4-5,7-10,12,14,19-20,24H,6,11,13,15-18,21H2,2H3/t24-/m0/s1. The van der Waals surface area contributed by atoms with Crippen LogP contribution >= 0.6 is 0 Å². The van der Waals surface area contributed by atoms with E-state index in [0.717, 1.165) is 36.4 Å². The van der Waals surface area contributed by atoms with E-state index in [9.17, 15) is 4.79 Å². The van der Waals surface area contributed by atoms with Gasteiger partial charge in [0.2, 0.25) is 0 Å². The molecule has 4 heterocycles. The maximum atomic E-state index is 16.5. The number of hydrogen-bond donors (Lipinski definition) is 0. The first-order valence-electron chi connectivity index (χ1n) is 13.9. The summed E-state index contributed by atoms with van der Waals surface area (Å²) < 4.78 is 22.6. The molecule has 0 spiro atoms.